The van der Waals surface area contributed by atoms with Gasteiger partial charge in [0.05, 0.1) is 11.4 Å². The van der Waals surface area contributed by atoms with Crippen LogP contribution in [0.2, 0.25) is 0 Å². The van der Waals surface area contributed by atoms with Crippen LogP contribution >= 0.6 is 11.3 Å². The maximum Gasteiger partial charge on any atom is 0.142 e. The van der Waals surface area contributed by atoms with E-state index in [1.165, 1.54) is 25.7 Å². The smallest absolute Gasteiger partial charge is 0.142 e. The summed E-state index contributed by atoms with van der Waals surface area (Å²) >= 11 is 1.69. The first-order valence-electron chi connectivity index (χ1n) is 8.39. The lowest BCUT2D eigenvalue weighted by atomic mass is 9.84. The summed E-state index contributed by atoms with van der Waals surface area (Å²) in [7, 11) is 0. The van der Waals surface area contributed by atoms with Crippen molar-refractivity contribution in [3.05, 3.63) is 35.5 Å². The highest BCUT2D eigenvalue weighted by molar-refractivity contribution is 7.13. The van der Waals surface area contributed by atoms with Crippen molar-refractivity contribution in [2.75, 3.05) is 0 Å². The topological polar surface area (TPSA) is 37.8 Å². The van der Waals surface area contributed by atoms with E-state index in [2.05, 4.69) is 22.6 Å². The molecule has 2 aromatic heterocycles. The zero-order chi connectivity index (χ0) is 14.9. The van der Waals surface area contributed by atoms with E-state index in [9.17, 15) is 0 Å². The van der Waals surface area contributed by atoms with Crippen LogP contribution in [0, 0.1) is 17.8 Å². The minimum atomic E-state index is 0.607. The molecule has 3 nitrogen and oxygen atoms in total. The normalized spacial score (nSPS) is 28.1. The van der Waals surface area contributed by atoms with Crippen LogP contribution in [0.3, 0.4) is 0 Å². The molecule has 0 unspecified atom stereocenters. The molecule has 2 heterocycles. The number of aromatic nitrogens is 2. The number of thiazole rings is 1. The zero-order valence-electron chi connectivity index (χ0n) is 13.0. The molecule has 0 aliphatic heterocycles. The van der Waals surface area contributed by atoms with Crippen molar-refractivity contribution in [1.29, 1.82) is 0 Å². The molecule has 2 fully saturated rings. The van der Waals surface area contributed by atoms with E-state index in [-0.39, 0.29) is 0 Å². The van der Waals surface area contributed by atoms with E-state index < -0.39 is 0 Å². The van der Waals surface area contributed by atoms with Crippen molar-refractivity contribution in [3.63, 3.8) is 0 Å². The standard InChI is InChI=1S/C18H23N3S/c1-12(16-9-13-5-6-14(16)8-13)20-10-15-11-22-18(21-15)17-4-2-3-7-19-17/h2-4,7,11-14,16,20H,5-6,8-10H2,1H3/t12-,13+,14+,16+/m1/s1. The first kappa shape index (κ1) is 14.3. The Labute approximate surface area is 136 Å². The molecule has 2 saturated carbocycles. The molecule has 2 bridgehead atoms. The van der Waals surface area contributed by atoms with Crippen molar-refractivity contribution < 1.29 is 0 Å². The lowest BCUT2D eigenvalue weighted by Gasteiger charge is -2.28. The number of pyridine rings is 1. The van der Waals surface area contributed by atoms with Crippen molar-refractivity contribution in [2.24, 2.45) is 17.8 Å². The third-order valence-electron chi connectivity index (χ3n) is 5.48. The SMILES string of the molecule is C[C@@H](NCc1csc(-c2ccccn2)n1)[C@@H]1C[C@H]2CC[C@H]1C2. The van der Waals surface area contributed by atoms with Gasteiger partial charge in [-0.3, -0.25) is 4.98 Å². The second kappa shape index (κ2) is 6.09. The third kappa shape index (κ3) is 2.82. The Morgan fingerprint density at radius 2 is 2.27 bits per heavy atom. The summed E-state index contributed by atoms with van der Waals surface area (Å²) in [5.41, 5.74) is 2.11. The Hall–Kier alpha value is -1.26. The van der Waals surface area contributed by atoms with Gasteiger partial charge in [-0.1, -0.05) is 12.5 Å². The highest BCUT2D eigenvalue weighted by Crippen LogP contribution is 2.49. The van der Waals surface area contributed by atoms with Crippen LogP contribution in [0.15, 0.2) is 29.8 Å². The molecular formula is C18H23N3S. The number of rotatable bonds is 5. The Kier molecular flexibility index (Phi) is 3.97. The van der Waals surface area contributed by atoms with Crippen molar-refractivity contribution in [2.45, 2.75) is 45.2 Å². The van der Waals surface area contributed by atoms with Crippen LogP contribution in [0.5, 0.6) is 0 Å². The molecule has 4 rings (SSSR count). The summed E-state index contributed by atoms with van der Waals surface area (Å²) < 4.78 is 0. The predicted molar refractivity (Wildman–Crippen MR) is 90.6 cm³/mol. The molecule has 4 atom stereocenters. The molecule has 0 radical (unpaired) electrons. The first-order chi connectivity index (χ1) is 10.8. The molecule has 4 heteroatoms. The van der Waals surface area contributed by atoms with Gasteiger partial charge in [-0.15, -0.1) is 11.3 Å². The van der Waals surface area contributed by atoms with E-state index in [1.807, 2.05) is 24.4 Å². The largest absolute Gasteiger partial charge is 0.308 e. The third-order valence-corrected chi connectivity index (χ3v) is 6.39. The van der Waals surface area contributed by atoms with Gasteiger partial charge in [-0.05, 0) is 56.1 Å². The van der Waals surface area contributed by atoms with Crippen LogP contribution in [0.25, 0.3) is 10.7 Å². The maximum absolute atomic E-state index is 4.72. The average molecular weight is 313 g/mol. The molecule has 0 saturated heterocycles. The highest BCUT2D eigenvalue weighted by Gasteiger charge is 2.41. The molecule has 2 aromatic rings. The summed E-state index contributed by atoms with van der Waals surface area (Å²) in [4.78, 5) is 9.09. The van der Waals surface area contributed by atoms with Gasteiger partial charge in [-0.25, -0.2) is 4.98 Å². The summed E-state index contributed by atoms with van der Waals surface area (Å²) in [6.45, 7) is 3.23. The Balaban J connectivity index is 1.35. The summed E-state index contributed by atoms with van der Waals surface area (Å²) in [6, 6.07) is 6.58. The number of nitrogens with one attached hydrogen (secondary N) is 1. The van der Waals surface area contributed by atoms with E-state index >= 15 is 0 Å². The number of hydrogen-bond donors (Lipinski definition) is 1. The van der Waals surface area contributed by atoms with Crippen LogP contribution in [0.4, 0.5) is 0 Å². The Bertz CT molecular complexity index is 624. The Morgan fingerprint density at radius 1 is 1.32 bits per heavy atom. The second-order valence-corrected chi connectivity index (χ2v) is 7.73. The Morgan fingerprint density at radius 3 is 3.00 bits per heavy atom. The maximum atomic E-state index is 4.72. The van der Waals surface area contributed by atoms with E-state index in [0.29, 0.717) is 6.04 Å². The average Bonchev–Trinajstić information content (AvgIpc) is 3.29. The molecule has 0 aromatic carbocycles. The molecule has 1 N–H and O–H groups in total. The van der Waals surface area contributed by atoms with Gasteiger partial charge in [0.15, 0.2) is 0 Å². The fraction of sp³-hybridized carbons (Fsp3) is 0.556. The number of hydrogen-bond acceptors (Lipinski definition) is 4. The molecule has 22 heavy (non-hydrogen) atoms. The van der Waals surface area contributed by atoms with Crippen molar-refractivity contribution in [3.8, 4) is 10.7 Å². The lowest BCUT2D eigenvalue weighted by Crippen LogP contribution is -2.35. The quantitative estimate of drug-likeness (QED) is 0.902. The molecule has 116 valence electrons. The van der Waals surface area contributed by atoms with Crippen LogP contribution in [-0.2, 0) is 6.54 Å². The fourth-order valence-corrected chi connectivity index (χ4v) is 5.11. The monoisotopic (exact) mass is 313 g/mol. The summed E-state index contributed by atoms with van der Waals surface area (Å²) in [6.07, 6.45) is 7.69. The van der Waals surface area contributed by atoms with Gasteiger partial charge >= 0.3 is 0 Å². The van der Waals surface area contributed by atoms with Crippen LogP contribution < -0.4 is 5.32 Å². The van der Waals surface area contributed by atoms with Crippen LogP contribution in [0.1, 0.15) is 38.3 Å². The molecule has 0 amide bonds. The first-order valence-corrected chi connectivity index (χ1v) is 9.27. The number of nitrogens with zero attached hydrogens (tertiary/aromatic N) is 2. The molecule has 2 aliphatic rings. The van der Waals surface area contributed by atoms with Gasteiger partial charge < -0.3 is 5.32 Å². The summed E-state index contributed by atoms with van der Waals surface area (Å²) in [5, 5.41) is 6.89. The van der Waals surface area contributed by atoms with Gasteiger partial charge in [0.2, 0.25) is 0 Å². The lowest BCUT2D eigenvalue weighted by molar-refractivity contribution is 0.259. The molecule has 2 aliphatic carbocycles. The van der Waals surface area contributed by atoms with Crippen molar-refractivity contribution in [1.82, 2.24) is 15.3 Å². The van der Waals surface area contributed by atoms with Gasteiger partial charge in [0, 0.05) is 24.2 Å². The van der Waals surface area contributed by atoms with Crippen molar-refractivity contribution >= 4 is 11.3 Å². The minimum absolute atomic E-state index is 0.607. The fourth-order valence-electron chi connectivity index (χ4n) is 4.32. The minimum Gasteiger partial charge on any atom is -0.308 e. The summed E-state index contributed by atoms with van der Waals surface area (Å²) in [5.74, 6) is 2.88. The zero-order valence-corrected chi connectivity index (χ0v) is 13.9. The van der Waals surface area contributed by atoms with Crippen LogP contribution in [-0.4, -0.2) is 16.0 Å². The van der Waals surface area contributed by atoms with E-state index in [4.69, 9.17) is 4.98 Å². The van der Waals surface area contributed by atoms with E-state index in [0.717, 1.165) is 40.7 Å². The predicted octanol–water partition coefficient (Wildman–Crippen LogP) is 4.12. The molecular weight excluding hydrogens is 290 g/mol. The van der Waals surface area contributed by atoms with Gasteiger partial charge in [0.1, 0.15) is 5.01 Å². The highest BCUT2D eigenvalue weighted by atomic mass is 32.1. The second-order valence-electron chi connectivity index (χ2n) is 6.87. The number of fused-ring (bicyclic) bond motifs is 2. The van der Waals surface area contributed by atoms with E-state index in [1.54, 1.807) is 11.3 Å². The van der Waals surface area contributed by atoms with Gasteiger partial charge in [0.25, 0.3) is 0 Å². The molecule has 0 spiro atoms. The van der Waals surface area contributed by atoms with Gasteiger partial charge in [-0.2, -0.15) is 0 Å².